The second kappa shape index (κ2) is 3.04. The largest absolute Gasteiger partial charge is 0.357 e. The van der Waals surface area contributed by atoms with Crippen LogP contribution in [0, 0.1) is 0 Å². The Morgan fingerprint density at radius 3 is 2.50 bits per heavy atom. The van der Waals surface area contributed by atoms with Gasteiger partial charge in [-0.25, -0.2) is 4.99 Å². The minimum Gasteiger partial charge on any atom is -0.357 e. The highest BCUT2D eigenvalue weighted by atomic mass is 15.0. The predicted molar refractivity (Wildman–Crippen MR) is 42.9 cm³/mol. The maximum Gasteiger partial charge on any atom is 0.0385 e. The van der Waals surface area contributed by atoms with Crippen LogP contribution in [0.3, 0.4) is 0 Å². The van der Waals surface area contributed by atoms with Crippen LogP contribution in [0.1, 0.15) is 0 Å². The van der Waals surface area contributed by atoms with E-state index in [1.54, 1.807) is 7.05 Å². The maximum absolute atomic E-state index is 3.78. The Labute approximate surface area is 60.9 Å². The summed E-state index contributed by atoms with van der Waals surface area (Å²) in [6.07, 6.45) is 7.86. The molecule has 1 rings (SSSR count). The number of rotatable bonds is 0. The molecule has 0 unspecified atom stereocenters. The van der Waals surface area contributed by atoms with Crippen molar-refractivity contribution in [3.8, 4) is 0 Å². The van der Waals surface area contributed by atoms with E-state index < -0.39 is 0 Å². The molecular formula is C8H10N2. The van der Waals surface area contributed by atoms with Crippen molar-refractivity contribution < 1.29 is 0 Å². The average molecular weight is 134 g/mol. The summed E-state index contributed by atoms with van der Waals surface area (Å²) in [7, 11) is 3.69. The van der Waals surface area contributed by atoms with E-state index in [4.69, 9.17) is 0 Å². The average Bonchev–Trinajstić information content (AvgIpc) is 1.95. The van der Waals surface area contributed by atoms with Crippen molar-refractivity contribution in [2.75, 3.05) is 14.1 Å². The lowest BCUT2D eigenvalue weighted by Crippen LogP contribution is -2.03. The second-order valence-corrected chi connectivity index (χ2v) is 2.09. The van der Waals surface area contributed by atoms with Crippen molar-refractivity contribution in [3.05, 3.63) is 30.1 Å². The summed E-state index contributed by atoms with van der Waals surface area (Å²) in [6, 6.07) is 0. The van der Waals surface area contributed by atoms with Crippen LogP contribution in [0.5, 0.6) is 0 Å². The number of aliphatic imine (C=N–C) groups is 1. The summed E-state index contributed by atoms with van der Waals surface area (Å²) in [4.78, 5) is 5.75. The molecule has 0 aromatic rings. The Morgan fingerprint density at radius 1 is 1.40 bits per heavy atom. The standard InChI is InChI=1S/C8H10N2/c1-9-7-8-3-5-10(2)6-4-8/h3-6H,1-2H3. The molecule has 2 nitrogen and oxygen atoms in total. The summed E-state index contributed by atoms with van der Waals surface area (Å²) >= 11 is 0. The Balaban J connectivity index is 2.81. The topological polar surface area (TPSA) is 15.6 Å². The minimum atomic E-state index is 1.01. The molecule has 0 bridgehead atoms. The van der Waals surface area contributed by atoms with Crippen molar-refractivity contribution >= 4 is 5.87 Å². The van der Waals surface area contributed by atoms with Gasteiger partial charge in [-0.1, -0.05) is 0 Å². The van der Waals surface area contributed by atoms with Gasteiger partial charge in [0.1, 0.15) is 0 Å². The highest BCUT2D eigenvalue weighted by molar-refractivity contribution is 5.66. The van der Waals surface area contributed by atoms with E-state index in [2.05, 4.69) is 10.9 Å². The number of allylic oxidation sites excluding steroid dienone is 3. The van der Waals surface area contributed by atoms with Crippen LogP contribution in [0.25, 0.3) is 0 Å². The van der Waals surface area contributed by atoms with Crippen LogP contribution in [0.2, 0.25) is 0 Å². The summed E-state index contributed by atoms with van der Waals surface area (Å²) in [5.41, 5.74) is 1.01. The van der Waals surface area contributed by atoms with Crippen LogP contribution in [0.4, 0.5) is 0 Å². The lowest BCUT2D eigenvalue weighted by molar-refractivity contribution is 0.620. The minimum absolute atomic E-state index is 1.01. The maximum atomic E-state index is 3.78. The molecule has 0 atom stereocenters. The van der Waals surface area contributed by atoms with Gasteiger partial charge in [0, 0.05) is 32.1 Å². The lowest BCUT2D eigenvalue weighted by atomic mass is 10.2. The van der Waals surface area contributed by atoms with Gasteiger partial charge in [-0.05, 0) is 18.0 Å². The Bertz CT molecular complexity index is 214. The molecule has 1 aliphatic heterocycles. The van der Waals surface area contributed by atoms with E-state index in [1.807, 2.05) is 36.5 Å². The highest BCUT2D eigenvalue weighted by Crippen LogP contribution is 2.02. The van der Waals surface area contributed by atoms with E-state index in [0.29, 0.717) is 0 Å². The quantitative estimate of drug-likeness (QED) is 0.454. The van der Waals surface area contributed by atoms with Gasteiger partial charge in [0.25, 0.3) is 0 Å². The van der Waals surface area contributed by atoms with Crippen LogP contribution in [-0.2, 0) is 0 Å². The normalized spacial score (nSPS) is 15.4. The monoisotopic (exact) mass is 134 g/mol. The zero-order valence-electron chi connectivity index (χ0n) is 6.20. The fraction of sp³-hybridized carbons (Fsp3) is 0.250. The first kappa shape index (κ1) is 6.84. The molecule has 10 heavy (non-hydrogen) atoms. The smallest absolute Gasteiger partial charge is 0.0385 e. The van der Waals surface area contributed by atoms with Crippen molar-refractivity contribution in [2.24, 2.45) is 4.99 Å². The van der Waals surface area contributed by atoms with Crippen LogP contribution in [0.15, 0.2) is 35.1 Å². The van der Waals surface area contributed by atoms with Gasteiger partial charge in [-0.2, -0.15) is 0 Å². The van der Waals surface area contributed by atoms with E-state index in [1.165, 1.54) is 0 Å². The zero-order valence-corrected chi connectivity index (χ0v) is 6.20. The predicted octanol–water partition coefficient (Wildman–Crippen LogP) is 1.19. The van der Waals surface area contributed by atoms with E-state index in [-0.39, 0.29) is 0 Å². The van der Waals surface area contributed by atoms with Crippen LogP contribution < -0.4 is 0 Å². The first-order valence-corrected chi connectivity index (χ1v) is 3.13. The van der Waals surface area contributed by atoms with Crippen molar-refractivity contribution in [1.82, 2.24) is 4.90 Å². The molecule has 1 aliphatic rings. The fourth-order valence-electron chi connectivity index (χ4n) is 0.705. The summed E-state index contributed by atoms with van der Waals surface area (Å²) in [6.45, 7) is 0. The molecule has 0 saturated heterocycles. The molecule has 0 amide bonds. The Morgan fingerprint density at radius 2 is 2.00 bits per heavy atom. The molecule has 0 saturated carbocycles. The first-order valence-electron chi connectivity index (χ1n) is 3.13. The molecule has 52 valence electrons. The van der Waals surface area contributed by atoms with E-state index >= 15 is 0 Å². The molecule has 0 fully saturated rings. The van der Waals surface area contributed by atoms with Crippen LogP contribution >= 0.6 is 0 Å². The van der Waals surface area contributed by atoms with E-state index in [0.717, 1.165) is 5.57 Å². The lowest BCUT2D eigenvalue weighted by Gasteiger charge is -2.09. The van der Waals surface area contributed by atoms with Crippen LogP contribution in [-0.4, -0.2) is 24.9 Å². The SMILES string of the molecule is CN=C=C1C=CN(C)C=C1. The molecule has 0 spiro atoms. The van der Waals surface area contributed by atoms with Crippen molar-refractivity contribution in [3.63, 3.8) is 0 Å². The number of nitrogens with zero attached hydrogens (tertiary/aromatic N) is 2. The highest BCUT2D eigenvalue weighted by Gasteiger charge is 1.92. The van der Waals surface area contributed by atoms with Gasteiger partial charge in [-0.3, -0.25) is 0 Å². The van der Waals surface area contributed by atoms with Gasteiger partial charge < -0.3 is 4.90 Å². The Hall–Kier alpha value is -1.27. The second-order valence-electron chi connectivity index (χ2n) is 2.09. The van der Waals surface area contributed by atoms with Gasteiger partial charge >= 0.3 is 0 Å². The molecule has 1 heterocycles. The molecule has 0 aromatic heterocycles. The van der Waals surface area contributed by atoms with Gasteiger partial charge in [0.2, 0.25) is 0 Å². The molecule has 0 radical (unpaired) electrons. The van der Waals surface area contributed by atoms with Gasteiger partial charge in [0.05, 0.1) is 0 Å². The number of hydrogen-bond donors (Lipinski definition) is 0. The molecule has 0 aromatic carbocycles. The molecular weight excluding hydrogens is 124 g/mol. The van der Waals surface area contributed by atoms with Crippen molar-refractivity contribution in [2.45, 2.75) is 0 Å². The van der Waals surface area contributed by atoms with Crippen molar-refractivity contribution in [1.29, 1.82) is 0 Å². The summed E-state index contributed by atoms with van der Waals surface area (Å²) in [5.74, 6) is 2.85. The number of hydrogen-bond acceptors (Lipinski definition) is 2. The molecule has 0 N–H and O–H groups in total. The first-order chi connectivity index (χ1) is 4.83. The third-order valence-electron chi connectivity index (χ3n) is 1.22. The van der Waals surface area contributed by atoms with Gasteiger partial charge in [0.15, 0.2) is 0 Å². The fourth-order valence-corrected chi connectivity index (χ4v) is 0.705. The third-order valence-corrected chi connectivity index (χ3v) is 1.22. The zero-order chi connectivity index (χ0) is 7.40. The Kier molecular flexibility index (Phi) is 2.08. The molecule has 0 aliphatic carbocycles. The van der Waals surface area contributed by atoms with E-state index in [9.17, 15) is 0 Å². The summed E-state index contributed by atoms with van der Waals surface area (Å²) in [5, 5.41) is 0. The third kappa shape index (κ3) is 1.61. The molecule has 2 heteroatoms. The summed E-state index contributed by atoms with van der Waals surface area (Å²) < 4.78 is 0. The van der Waals surface area contributed by atoms with Gasteiger partial charge in [-0.15, -0.1) is 0 Å².